The lowest BCUT2D eigenvalue weighted by atomic mass is 9.92. The van der Waals surface area contributed by atoms with Crippen LogP contribution in [-0.4, -0.2) is 36.3 Å². The molecule has 6 heteroatoms. The Bertz CT molecular complexity index is 546. The average molecular weight is 258 g/mol. The fourth-order valence-electron chi connectivity index (χ4n) is 2.60. The van der Waals surface area contributed by atoms with Crippen LogP contribution in [0.25, 0.3) is 0 Å². The summed E-state index contributed by atoms with van der Waals surface area (Å²) in [5.41, 5.74) is 0.682. The molecule has 1 aromatic heterocycles. The summed E-state index contributed by atoms with van der Waals surface area (Å²) in [7, 11) is 0. The van der Waals surface area contributed by atoms with Gasteiger partial charge in [0.25, 0.3) is 0 Å². The molecule has 2 aliphatic rings. The molecule has 0 aliphatic carbocycles. The van der Waals surface area contributed by atoms with Gasteiger partial charge in [-0.1, -0.05) is 0 Å². The Morgan fingerprint density at radius 2 is 2.21 bits per heavy atom. The molecule has 0 aromatic carbocycles. The number of aromatic nitrogens is 1. The summed E-state index contributed by atoms with van der Waals surface area (Å²) in [5, 5.41) is 12.1. The normalized spacial score (nSPS) is 21.2. The summed E-state index contributed by atoms with van der Waals surface area (Å²) in [5.74, 6) is 0. The minimum absolute atomic E-state index is 0.348. The highest BCUT2D eigenvalue weighted by atomic mass is 16.6. The number of nitriles is 1. The van der Waals surface area contributed by atoms with Crippen LogP contribution in [0.15, 0.2) is 18.5 Å². The van der Waals surface area contributed by atoms with E-state index in [0.717, 1.165) is 25.9 Å². The highest BCUT2D eigenvalue weighted by molar-refractivity contribution is 5.90. The molecule has 2 aliphatic heterocycles. The van der Waals surface area contributed by atoms with Crippen LogP contribution in [0.5, 0.6) is 0 Å². The van der Waals surface area contributed by atoms with E-state index >= 15 is 0 Å². The predicted octanol–water partition coefficient (Wildman–Crippen LogP) is 1.03. The molecule has 3 heterocycles. The summed E-state index contributed by atoms with van der Waals surface area (Å²) in [6.07, 6.45) is 4.35. The number of carbonyl (C=O) groups excluding carboxylic acids is 1. The van der Waals surface area contributed by atoms with Crippen molar-refractivity contribution in [1.82, 2.24) is 10.3 Å². The van der Waals surface area contributed by atoms with Gasteiger partial charge < -0.3 is 10.1 Å². The Balaban J connectivity index is 1.85. The number of hydrogen-bond acceptors (Lipinski definition) is 5. The van der Waals surface area contributed by atoms with E-state index in [0.29, 0.717) is 17.8 Å². The maximum Gasteiger partial charge on any atom is 0.415 e. The van der Waals surface area contributed by atoms with E-state index < -0.39 is 0 Å². The van der Waals surface area contributed by atoms with Crippen LogP contribution in [-0.2, 0) is 4.74 Å². The van der Waals surface area contributed by atoms with Gasteiger partial charge in [-0.3, -0.25) is 9.88 Å². The van der Waals surface area contributed by atoms with Gasteiger partial charge >= 0.3 is 6.09 Å². The number of nitrogens with one attached hydrogen (secondary N) is 1. The fourth-order valence-corrected chi connectivity index (χ4v) is 2.60. The Kier molecular flexibility index (Phi) is 2.84. The van der Waals surface area contributed by atoms with E-state index in [1.165, 1.54) is 6.20 Å². The lowest BCUT2D eigenvalue weighted by Crippen LogP contribution is -2.44. The minimum Gasteiger partial charge on any atom is -0.441 e. The average Bonchev–Trinajstić information content (AvgIpc) is 2.76. The van der Waals surface area contributed by atoms with Crippen LogP contribution in [0, 0.1) is 11.3 Å². The first-order valence-corrected chi connectivity index (χ1v) is 6.29. The molecule has 0 saturated carbocycles. The quantitative estimate of drug-likeness (QED) is 0.814. The maximum absolute atomic E-state index is 12.0. The Hall–Kier alpha value is -2.13. The monoisotopic (exact) mass is 258 g/mol. The van der Waals surface area contributed by atoms with E-state index in [1.54, 1.807) is 17.2 Å². The highest BCUT2D eigenvalue weighted by Crippen LogP contribution is 2.33. The molecule has 1 spiro atoms. The van der Waals surface area contributed by atoms with Crippen molar-refractivity contribution in [3.8, 4) is 6.07 Å². The molecule has 0 radical (unpaired) electrons. The largest absolute Gasteiger partial charge is 0.441 e. The molecule has 19 heavy (non-hydrogen) atoms. The molecule has 0 atom stereocenters. The summed E-state index contributed by atoms with van der Waals surface area (Å²) >= 11 is 0. The molecule has 0 bridgehead atoms. The van der Waals surface area contributed by atoms with Crippen molar-refractivity contribution in [3.63, 3.8) is 0 Å². The number of nitrogens with zero attached hydrogens (tertiary/aromatic N) is 3. The Morgan fingerprint density at radius 3 is 2.95 bits per heavy atom. The van der Waals surface area contributed by atoms with Gasteiger partial charge in [0.2, 0.25) is 0 Å². The van der Waals surface area contributed by atoms with E-state index in [4.69, 9.17) is 10.00 Å². The van der Waals surface area contributed by atoms with Gasteiger partial charge in [-0.15, -0.1) is 0 Å². The third-order valence-electron chi connectivity index (χ3n) is 3.65. The maximum atomic E-state index is 12.0. The molecular weight excluding hydrogens is 244 g/mol. The molecule has 1 aromatic rings. The van der Waals surface area contributed by atoms with Gasteiger partial charge in [0.05, 0.1) is 24.0 Å². The van der Waals surface area contributed by atoms with E-state index in [9.17, 15) is 4.79 Å². The standard InChI is InChI=1S/C13H14N4O2/c14-6-10-5-11(8-16-7-10)17-9-13(19-12(17)18)1-3-15-4-2-13/h5,7-8,15H,1-4,9H2. The second-order valence-corrected chi connectivity index (χ2v) is 4.93. The van der Waals surface area contributed by atoms with Gasteiger partial charge in [0.1, 0.15) is 11.7 Å². The molecule has 3 rings (SSSR count). The third-order valence-corrected chi connectivity index (χ3v) is 3.65. The van der Waals surface area contributed by atoms with E-state index in [1.807, 2.05) is 6.07 Å². The van der Waals surface area contributed by atoms with Gasteiger partial charge in [-0.25, -0.2) is 4.79 Å². The van der Waals surface area contributed by atoms with E-state index in [-0.39, 0.29) is 11.7 Å². The van der Waals surface area contributed by atoms with E-state index in [2.05, 4.69) is 10.3 Å². The number of piperidine rings is 1. The molecule has 6 nitrogen and oxygen atoms in total. The van der Waals surface area contributed by atoms with Gasteiger partial charge in [0, 0.05) is 19.0 Å². The summed E-state index contributed by atoms with van der Waals surface area (Å²) < 4.78 is 5.57. The van der Waals surface area contributed by atoms with Gasteiger partial charge in [-0.2, -0.15) is 5.26 Å². The molecule has 98 valence electrons. The first-order valence-electron chi connectivity index (χ1n) is 6.29. The molecule has 0 unspecified atom stereocenters. The van der Waals surface area contributed by atoms with Crippen LogP contribution < -0.4 is 10.2 Å². The molecule has 1 N–H and O–H groups in total. The SMILES string of the molecule is N#Cc1cncc(N2CC3(CCNCC3)OC2=O)c1. The summed E-state index contributed by atoms with van der Waals surface area (Å²) in [6.45, 7) is 2.25. The second-order valence-electron chi connectivity index (χ2n) is 4.93. The van der Waals surface area contributed by atoms with Crippen molar-refractivity contribution in [3.05, 3.63) is 24.0 Å². The number of rotatable bonds is 1. The van der Waals surface area contributed by atoms with Gasteiger partial charge in [-0.05, 0) is 19.2 Å². The van der Waals surface area contributed by atoms with Crippen LogP contribution in [0.1, 0.15) is 18.4 Å². The molecule has 2 fully saturated rings. The lowest BCUT2D eigenvalue weighted by Gasteiger charge is -2.31. The second kappa shape index (κ2) is 4.52. The Labute approximate surface area is 111 Å². The third kappa shape index (κ3) is 2.13. The van der Waals surface area contributed by atoms with Crippen LogP contribution >= 0.6 is 0 Å². The van der Waals surface area contributed by atoms with Crippen molar-refractivity contribution < 1.29 is 9.53 Å². The number of hydrogen-bond donors (Lipinski definition) is 1. The first kappa shape index (κ1) is 11.9. The number of pyridine rings is 1. The van der Waals surface area contributed by atoms with Crippen LogP contribution in [0.3, 0.4) is 0 Å². The highest BCUT2D eigenvalue weighted by Gasteiger charge is 2.46. The summed E-state index contributed by atoms with van der Waals surface area (Å²) in [6, 6.07) is 3.69. The van der Waals surface area contributed by atoms with Crippen LogP contribution in [0.4, 0.5) is 10.5 Å². The molecular formula is C13H14N4O2. The van der Waals surface area contributed by atoms with Crippen molar-refractivity contribution in [1.29, 1.82) is 5.26 Å². The molecule has 2 saturated heterocycles. The molecule has 1 amide bonds. The topological polar surface area (TPSA) is 78.2 Å². The minimum atomic E-state index is -0.384. The number of carbonyl (C=O) groups is 1. The fraction of sp³-hybridized carbons (Fsp3) is 0.462. The number of amides is 1. The van der Waals surface area contributed by atoms with Crippen molar-refractivity contribution >= 4 is 11.8 Å². The first-order chi connectivity index (χ1) is 9.22. The number of ether oxygens (including phenoxy) is 1. The zero-order valence-electron chi connectivity index (χ0n) is 10.4. The summed E-state index contributed by atoms with van der Waals surface area (Å²) in [4.78, 5) is 17.6. The zero-order valence-corrected chi connectivity index (χ0v) is 10.4. The van der Waals surface area contributed by atoms with Crippen molar-refractivity contribution in [2.24, 2.45) is 0 Å². The predicted molar refractivity (Wildman–Crippen MR) is 67.6 cm³/mol. The smallest absolute Gasteiger partial charge is 0.415 e. The zero-order chi connectivity index (χ0) is 13.3. The number of anilines is 1. The van der Waals surface area contributed by atoms with Crippen molar-refractivity contribution in [2.75, 3.05) is 24.5 Å². The van der Waals surface area contributed by atoms with Crippen molar-refractivity contribution in [2.45, 2.75) is 18.4 Å². The lowest BCUT2D eigenvalue weighted by molar-refractivity contribution is 0.0316. The van der Waals surface area contributed by atoms with Crippen LogP contribution in [0.2, 0.25) is 0 Å². The van der Waals surface area contributed by atoms with Gasteiger partial charge in [0.15, 0.2) is 0 Å². The Morgan fingerprint density at radius 1 is 1.42 bits per heavy atom.